The molecule has 0 radical (unpaired) electrons. The van der Waals surface area contributed by atoms with E-state index < -0.39 is 0 Å². The number of rotatable bonds is 5. The minimum atomic E-state index is 0.382. The molecule has 2 fully saturated rings. The average Bonchev–Trinajstić information content (AvgIpc) is 3.10. The lowest BCUT2D eigenvalue weighted by Crippen LogP contribution is -2.42. The van der Waals surface area contributed by atoms with E-state index in [2.05, 4.69) is 24.1 Å². The molecule has 1 aliphatic heterocycles. The highest BCUT2D eigenvalue weighted by Gasteiger charge is 2.34. The molecule has 1 saturated heterocycles. The summed E-state index contributed by atoms with van der Waals surface area (Å²) in [6.45, 7) is 7.50. The van der Waals surface area contributed by atoms with Gasteiger partial charge in [-0.15, -0.1) is 0 Å². The summed E-state index contributed by atoms with van der Waals surface area (Å²) in [5.74, 6) is 1.54. The molecule has 0 spiro atoms. The van der Waals surface area contributed by atoms with Crippen molar-refractivity contribution in [3.8, 4) is 0 Å². The van der Waals surface area contributed by atoms with E-state index in [-0.39, 0.29) is 0 Å². The Morgan fingerprint density at radius 2 is 2.12 bits per heavy atom. The second-order valence-corrected chi connectivity index (χ2v) is 6.09. The average molecular weight is 238 g/mol. The Balaban J connectivity index is 1.85. The van der Waals surface area contributed by atoms with Crippen molar-refractivity contribution in [3.05, 3.63) is 0 Å². The molecule has 17 heavy (non-hydrogen) atoms. The van der Waals surface area contributed by atoms with Gasteiger partial charge in [0.05, 0.1) is 0 Å². The highest BCUT2D eigenvalue weighted by atomic mass is 16.2. The molecule has 3 nitrogen and oxygen atoms in total. The maximum absolute atomic E-state index is 12.2. The number of nitrogens with one attached hydrogen (secondary N) is 1. The number of piperidine rings is 1. The third-order valence-corrected chi connectivity index (χ3v) is 3.74. The number of hydrogen-bond acceptors (Lipinski definition) is 2. The smallest absolute Gasteiger partial charge is 0.223 e. The molecule has 0 aromatic rings. The molecule has 0 aromatic carbocycles. The van der Waals surface area contributed by atoms with Gasteiger partial charge in [-0.3, -0.25) is 4.79 Å². The van der Waals surface area contributed by atoms with Crippen molar-refractivity contribution in [3.63, 3.8) is 0 Å². The number of carbonyl (C=O) groups is 1. The monoisotopic (exact) mass is 238 g/mol. The third-order valence-electron chi connectivity index (χ3n) is 3.74. The maximum atomic E-state index is 12.2. The van der Waals surface area contributed by atoms with E-state index in [0.29, 0.717) is 23.8 Å². The molecule has 1 heterocycles. The zero-order valence-corrected chi connectivity index (χ0v) is 11.2. The molecule has 1 atom stereocenters. The fourth-order valence-corrected chi connectivity index (χ4v) is 2.67. The van der Waals surface area contributed by atoms with E-state index in [1.54, 1.807) is 0 Å². The van der Waals surface area contributed by atoms with Crippen LogP contribution in [0.3, 0.4) is 0 Å². The van der Waals surface area contributed by atoms with Crippen molar-refractivity contribution in [2.45, 2.75) is 52.0 Å². The van der Waals surface area contributed by atoms with Crippen LogP contribution in [-0.2, 0) is 4.79 Å². The van der Waals surface area contributed by atoms with Gasteiger partial charge in [0.2, 0.25) is 5.91 Å². The molecule has 0 bridgehead atoms. The van der Waals surface area contributed by atoms with Crippen LogP contribution in [0, 0.1) is 11.8 Å². The third kappa shape index (κ3) is 3.98. The van der Waals surface area contributed by atoms with E-state index in [1.165, 1.54) is 25.7 Å². The molecule has 1 unspecified atom stereocenters. The lowest BCUT2D eigenvalue weighted by Gasteiger charge is -2.30. The van der Waals surface area contributed by atoms with E-state index in [0.717, 1.165) is 26.1 Å². The summed E-state index contributed by atoms with van der Waals surface area (Å²) in [7, 11) is 0. The Hall–Kier alpha value is -0.570. The van der Waals surface area contributed by atoms with Crippen molar-refractivity contribution < 1.29 is 4.79 Å². The van der Waals surface area contributed by atoms with Gasteiger partial charge in [0, 0.05) is 19.0 Å². The van der Waals surface area contributed by atoms with Gasteiger partial charge in [0.1, 0.15) is 0 Å². The molecular formula is C14H26N2O. The van der Waals surface area contributed by atoms with Gasteiger partial charge >= 0.3 is 0 Å². The predicted molar refractivity (Wildman–Crippen MR) is 69.8 cm³/mol. The molecule has 98 valence electrons. The highest BCUT2D eigenvalue weighted by Crippen LogP contribution is 2.29. The summed E-state index contributed by atoms with van der Waals surface area (Å²) in [5, 5.41) is 3.44. The van der Waals surface area contributed by atoms with Crippen LogP contribution in [-0.4, -0.2) is 36.5 Å². The van der Waals surface area contributed by atoms with Crippen LogP contribution in [0.4, 0.5) is 0 Å². The quantitative estimate of drug-likeness (QED) is 0.795. The minimum Gasteiger partial charge on any atom is -0.339 e. The van der Waals surface area contributed by atoms with Gasteiger partial charge in [0.15, 0.2) is 0 Å². The summed E-state index contributed by atoms with van der Waals surface area (Å²) in [6, 6.07) is 0.572. The molecule has 1 amide bonds. The first-order valence-corrected chi connectivity index (χ1v) is 7.17. The normalized spacial score (nSPS) is 25.0. The maximum Gasteiger partial charge on any atom is 0.223 e. The van der Waals surface area contributed by atoms with Crippen LogP contribution in [0.5, 0.6) is 0 Å². The van der Waals surface area contributed by atoms with Gasteiger partial charge in [-0.25, -0.2) is 0 Å². The predicted octanol–water partition coefficient (Wildman–Crippen LogP) is 2.02. The molecule has 2 aliphatic rings. The van der Waals surface area contributed by atoms with Crippen LogP contribution in [0.15, 0.2) is 0 Å². The van der Waals surface area contributed by atoms with Crippen LogP contribution < -0.4 is 5.32 Å². The number of carbonyl (C=O) groups excluding carboxylic acids is 1. The van der Waals surface area contributed by atoms with Crippen molar-refractivity contribution in [2.24, 2.45) is 11.8 Å². The van der Waals surface area contributed by atoms with Crippen molar-refractivity contribution in [2.75, 3.05) is 19.6 Å². The molecule has 1 aliphatic carbocycles. The lowest BCUT2D eigenvalue weighted by molar-refractivity contribution is -0.133. The fourth-order valence-electron chi connectivity index (χ4n) is 2.67. The van der Waals surface area contributed by atoms with Crippen LogP contribution in [0.25, 0.3) is 0 Å². The topological polar surface area (TPSA) is 32.3 Å². The first-order chi connectivity index (χ1) is 8.16. The van der Waals surface area contributed by atoms with Crippen LogP contribution in [0.2, 0.25) is 0 Å². The van der Waals surface area contributed by atoms with Gasteiger partial charge in [-0.1, -0.05) is 13.8 Å². The van der Waals surface area contributed by atoms with Crippen molar-refractivity contribution in [1.29, 1.82) is 0 Å². The second kappa shape index (κ2) is 5.85. The summed E-state index contributed by atoms with van der Waals surface area (Å²) >= 11 is 0. The first kappa shape index (κ1) is 12.9. The number of nitrogens with zero attached hydrogens (tertiary/aromatic N) is 1. The molecule has 3 heteroatoms. The Morgan fingerprint density at radius 1 is 1.35 bits per heavy atom. The van der Waals surface area contributed by atoms with Crippen LogP contribution in [0.1, 0.15) is 46.0 Å². The Kier molecular flexibility index (Phi) is 4.43. The SMILES string of the molecule is CC(C)CC(=O)N(CC1CCCNC1)C1CC1. The van der Waals surface area contributed by atoms with E-state index in [4.69, 9.17) is 0 Å². The standard InChI is InChI=1S/C14H26N2O/c1-11(2)8-14(17)16(13-5-6-13)10-12-4-3-7-15-9-12/h11-13,15H,3-10H2,1-2H3. The van der Waals surface area contributed by atoms with Gasteiger partial charge < -0.3 is 10.2 Å². The Labute approximate surface area is 105 Å². The molecule has 1 saturated carbocycles. The molecule has 2 rings (SSSR count). The van der Waals surface area contributed by atoms with Gasteiger partial charge in [-0.2, -0.15) is 0 Å². The molecular weight excluding hydrogens is 212 g/mol. The first-order valence-electron chi connectivity index (χ1n) is 7.17. The fraction of sp³-hybridized carbons (Fsp3) is 0.929. The minimum absolute atomic E-state index is 0.382. The summed E-state index contributed by atoms with van der Waals surface area (Å²) in [4.78, 5) is 14.4. The second-order valence-electron chi connectivity index (χ2n) is 6.09. The Bertz CT molecular complexity index is 255. The summed E-state index contributed by atoms with van der Waals surface area (Å²) < 4.78 is 0. The number of amides is 1. The van der Waals surface area contributed by atoms with Gasteiger partial charge in [-0.05, 0) is 50.6 Å². The van der Waals surface area contributed by atoms with Gasteiger partial charge in [0.25, 0.3) is 0 Å². The Morgan fingerprint density at radius 3 is 2.65 bits per heavy atom. The summed E-state index contributed by atoms with van der Waals surface area (Å²) in [6.07, 6.45) is 5.72. The van der Waals surface area contributed by atoms with E-state index in [9.17, 15) is 4.79 Å². The number of hydrogen-bond donors (Lipinski definition) is 1. The van der Waals surface area contributed by atoms with E-state index in [1.807, 2.05) is 0 Å². The summed E-state index contributed by atoms with van der Waals surface area (Å²) in [5.41, 5.74) is 0. The zero-order chi connectivity index (χ0) is 12.3. The zero-order valence-electron chi connectivity index (χ0n) is 11.2. The largest absolute Gasteiger partial charge is 0.339 e. The van der Waals surface area contributed by atoms with E-state index >= 15 is 0 Å². The molecule has 1 N–H and O–H groups in total. The van der Waals surface area contributed by atoms with Crippen LogP contribution >= 0.6 is 0 Å². The molecule has 0 aromatic heterocycles. The van der Waals surface area contributed by atoms with Crippen molar-refractivity contribution >= 4 is 5.91 Å². The lowest BCUT2D eigenvalue weighted by atomic mass is 9.98. The highest BCUT2D eigenvalue weighted by molar-refractivity contribution is 5.77. The van der Waals surface area contributed by atoms with Crippen molar-refractivity contribution in [1.82, 2.24) is 10.2 Å².